The molecule has 2 aromatic rings. The lowest BCUT2D eigenvalue weighted by atomic mass is 10.0. The van der Waals surface area contributed by atoms with Crippen molar-refractivity contribution in [3.63, 3.8) is 0 Å². The van der Waals surface area contributed by atoms with E-state index in [0.29, 0.717) is 5.02 Å². The largest absolute Gasteiger partial charge is 0.496 e. The molecule has 1 aromatic carbocycles. The van der Waals surface area contributed by atoms with E-state index in [2.05, 4.69) is 15.3 Å². The number of methoxy groups -OCH3 is 1. The number of hydrogen-bond acceptors (Lipinski definition) is 5. The van der Waals surface area contributed by atoms with Gasteiger partial charge >= 0.3 is 0 Å². The van der Waals surface area contributed by atoms with Crippen molar-refractivity contribution in [3.8, 4) is 17.0 Å². The predicted octanol–water partition coefficient (Wildman–Crippen LogP) is 2.36. The maximum Gasteiger partial charge on any atom is 0.222 e. The number of nitrogens with two attached hydrogens (primary N) is 1. The number of rotatable bonds is 2. The van der Waals surface area contributed by atoms with Gasteiger partial charge in [0, 0.05) is 22.7 Å². The highest BCUT2D eigenvalue weighted by Crippen LogP contribution is 2.37. The van der Waals surface area contributed by atoms with E-state index in [1.807, 2.05) is 12.1 Å². The molecular formula is C13H13ClN4O. The smallest absolute Gasteiger partial charge is 0.222 e. The maximum atomic E-state index is 6.07. The minimum Gasteiger partial charge on any atom is -0.496 e. The quantitative estimate of drug-likeness (QED) is 0.881. The van der Waals surface area contributed by atoms with E-state index >= 15 is 0 Å². The Kier molecular flexibility index (Phi) is 2.91. The molecule has 0 aliphatic carbocycles. The second-order valence-corrected chi connectivity index (χ2v) is 4.72. The lowest BCUT2D eigenvalue weighted by molar-refractivity contribution is 0.416. The van der Waals surface area contributed by atoms with Crippen molar-refractivity contribution in [1.29, 1.82) is 0 Å². The first kappa shape index (κ1) is 12.0. The van der Waals surface area contributed by atoms with Gasteiger partial charge in [0.1, 0.15) is 11.6 Å². The zero-order chi connectivity index (χ0) is 13.4. The molecule has 3 N–H and O–H groups in total. The number of ether oxygens (including phenoxy) is 1. The summed E-state index contributed by atoms with van der Waals surface area (Å²) in [6, 6.07) is 5.44. The second kappa shape index (κ2) is 4.59. The van der Waals surface area contributed by atoms with Gasteiger partial charge in [-0.3, -0.25) is 0 Å². The number of nitrogens with zero attached hydrogens (tertiary/aromatic N) is 2. The van der Waals surface area contributed by atoms with E-state index in [-0.39, 0.29) is 5.95 Å². The zero-order valence-corrected chi connectivity index (χ0v) is 11.2. The lowest BCUT2D eigenvalue weighted by Gasteiger charge is -2.12. The van der Waals surface area contributed by atoms with Crippen LogP contribution in [0.5, 0.6) is 5.75 Å². The van der Waals surface area contributed by atoms with Gasteiger partial charge in [-0.25, -0.2) is 4.98 Å². The summed E-state index contributed by atoms with van der Waals surface area (Å²) in [6.45, 7) is 0.837. The van der Waals surface area contributed by atoms with Crippen LogP contribution in [0.25, 0.3) is 11.3 Å². The van der Waals surface area contributed by atoms with E-state index in [4.69, 9.17) is 22.1 Å². The highest BCUT2D eigenvalue weighted by Gasteiger charge is 2.21. The molecule has 6 heteroatoms. The first-order chi connectivity index (χ1) is 9.19. The fourth-order valence-corrected chi connectivity index (χ4v) is 2.45. The molecule has 2 heterocycles. The van der Waals surface area contributed by atoms with Crippen LogP contribution in [0.15, 0.2) is 18.2 Å². The first-order valence-corrected chi connectivity index (χ1v) is 6.31. The van der Waals surface area contributed by atoms with Crippen LogP contribution in [0.2, 0.25) is 5.02 Å². The second-order valence-electron chi connectivity index (χ2n) is 4.28. The summed E-state index contributed by atoms with van der Waals surface area (Å²) in [5, 5.41) is 3.83. The normalized spacial score (nSPS) is 12.9. The summed E-state index contributed by atoms with van der Waals surface area (Å²) in [6.07, 6.45) is 0.862. The number of halogens is 1. The van der Waals surface area contributed by atoms with Crippen LogP contribution in [0.1, 0.15) is 5.56 Å². The summed E-state index contributed by atoms with van der Waals surface area (Å²) in [4.78, 5) is 8.55. The number of nitrogens with one attached hydrogen (secondary N) is 1. The molecule has 0 saturated carbocycles. The number of hydrogen-bond donors (Lipinski definition) is 2. The minimum atomic E-state index is 0.241. The van der Waals surface area contributed by atoms with Gasteiger partial charge in [-0.15, -0.1) is 0 Å². The molecule has 1 aliphatic rings. The molecule has 98 valence electrons. The van der Waals surface area contributed by atoms with E-state index in [1.54, 1.807) is 13.2 Å². The van der Waals surface area contributed by atoms with Gasteiger partial charge < -0.3 is 15.8 Å². The van der Waals surface area contributed by atoms with Crippen LogP contribution >= 0.6 is 11.6 Å². The SMILES string of the molecule is COc1ccc(Cl)cc1-c1nc(N)nc2c1CCN2. The molecule has 0 saturated heterocycles. The Bertz CT molecular complexity index is 645. The Morgan fingerprint density at radius 3 is 3.00 bits per heavy atom. The molecule has 3 rings (SSSR count). The lowest BCUT2D eigenvalue weighted by Crippen LogP contribution is -2.02. The molecule has 0 unspecified atom stereocenters. The van der Waals surface area contributed by atoms with Crippen LogP contribution in [0.3, 0.4) is 0 Å². The Morgan fingerprint density at radius 2 is 2.21 bits per heavy atom. The van der Waals surface area contributed by atoms with Crippen LogP contribution in [0, 0.1) is 0 Å². The fraction of sp³-hybridized carbons (Fsp3) is 0.231. The average Bonchev–Trinajstić information content (AvgIpc) is 2.85. The van der Waals surface area contributed by atoms with Gasteiger partial charge in [0.15, 0.2) is 0 Å². The summed E-state index contributed by atoms with van der Waals surface area (Å²) < 4.78 is 5.37. The first-order valence-electron chi connectivity index (χ1n) is 5.93. The molecule has 0 amide bonds. The maximum absolute atomic E-state index is 6.07. The zero-order valence-electron chi connectivity index (χ0n) is 10.4. The van der Waals surface area contributed by atoms with Gasteiger partial charge in [-0.2, -0.15) is 4.98 Å². The predicted molar refractivity (Wildman–Crippen MR) is 75.6 cm³/mol. The highest BCUT2D eigenvalue weighted by atomic mass is 35.5. The van der Waals surface area contributed by atoms with E-state index in [9.17, 15) is 0 Å². The standard InChI is InChI=1S/C13H13ClN4O/c1-19-10-3-2-7(14)6-9(10)11-8-4-5-16-12(8)18-13(15)17-11/h2-3,6H,4-5H2,1H3,(H3,15,16,17,18). The van der Waals surface area contributed by atoms with Crippen molar-refractivity contribution in [2.75, 3.05) is 24.7 Å². The molecule has 5 nitrogen and oxygen atoms in total. The summed E-state index contributed by atoms with van der Waals surface area (Å²) >= 11 is 6.07. The average molecular weight is 277 g/mol. The minimum absolute atomic E-state index is 0.241. The number of nitrogen functional groups attached to an aromatic ring is 1. The number of aromatic nitrogens is 2. The van der Waals surface area contributed by atoms with E-state index < -0.39 is 0 Å². The molecule has 0 spiro atoms. The van der Waals surface area contributed by atoms with Crippen molar-refractivity contribution in [2.24, 2.45) is 0 Å². The van der Waals surface area contributed by atoms with Crippen molar-refractivity contribution in [2.45, 2.75) is 6.42 Å². The van der Waals surface area contributed by atoms with Crippen LogP contribution < -0.4 is 15.8 Å². The van der Waals surface area contributed by atoms with Gasteiger partial charge in [0.05, 0.1) is 12.8 Å². The summed E-state index contributed by atoms with van der Waals surface area (Å²) in [7, 11) is 1.62. The molecule has 1 aliphatic heterocycles. The highest BCUT2D eigenvalue weighted by molar-refractivity contribution is 6.31. The molecule has 1 aromatic heterocycles. The van der Waals surface area contributed by atoms with Crippen molar-refractivity contribution in [3.05, 3.63) is 28.8 Å². The Hall–Kier alpha value is -2.01. The summed E-state index contributed by atoms with van der Waals surface area (Å²) in [5.41, 5.74) is 8.43. The van der Waals surface area contributed by atoms with E-state index in [0.717, 1.165) is 41.4 Å². The van der Waals surface area contributed by atoms with Gasteiger partial charge in [0.2, 0.25) is 5.95 Å². The monoisotopic (exact) mass is 276 g/mol. The third kappa shape index (κ3) is 2.06. The third-order valence-corrected chi connectivity index (χ3v) is 3.34. The fourth-order valence-electron chi connectivity index (χ4n) is 2.28. The third-order valence-electron chi connectivity index (χ3n) is 3.11. The molecule has 0 bridgehead atoms. The molecular weight excluding hydrogens is 264 g/mol. The number of anilines is 2. The Labute approximate surface area is 115 Å². The summed E-state index contributed by atoms with van der Waals surface area (Å²) in [5.74, 6) is 1.76. The van der Waals surface area contributed by atoms with Crippen LogP contribution in [0.4, 0.5) is 11.8 Å². The van der Waals surface area contributed by atoms with Crippen molar-refractivity contribution < 1.29 is 4.74 Å². The Balaban J connectivity index is 2.25. The van der Waals surface area contributed by atoms with Crippen LogP contribution in [-0.2, 0) is 6.42 Å². The number of fused-ring (bicyclic) bond motifs is 1. The van der Waals surface area contributed by atoms with Gasteiger partial charge in [-0.05, 0) is 24.6 Å². The molecule has 0 radical (unpaired) electrons. The molecule has 19 heavy (non-hydrogen) atoms. The number of benzene rings is 1. The van der Waals surface area contributed by atoms with Crippen molar-refractivity contribution >= 4 is 23.4 Å². The molecule has 0 fully saturated rings. The van der Waals surface area contributed by atoms with E-state index in [1.165, 1.54) is 0 Å². The molecule has 0 atom stereocenters. The van der Waals surface area contributed by atoms with Crippen molar-refractivity contribution in [1.82, 2.24) is 9.97 Å². The topological polar surface area (TPSA) is 73.1 Å². The Morgan fingerprint density at radius 1 is 1.37 bits per heavy atom. The van der Waals surface area contributed by atoms with Crippen LogP contribution in [-0.4, -0.2) is 23.6 Å². The van der Waals surface area contributed by atoms with Gasteiger partial charge in [0.25, 0.3) is 0 Å². The van der Waals surface area contributed by atoms with Gasteiger partial charge in [-0.1, -0.05) is 11.6 Å².